The van der Waals surface area contributed by atoms with Gasteiger partial charge in [-0.05, 0) is 12.8 Å². The quantitative estimate of drug-likeness (QED) is 0.792. The van der Waals surface area contributed by atoms with E-state index in [9.17, 15) is 4.79 Å². The first-order valence-corrected chi connectivity index (χ1v) is 6.88. The van der Waals surface area contributed by atoms with Crippen LogP contribution < -0.4 is 5.73 Å². The molecule has 0 aromatic rings. The number of rotatable bonds is 4. The van der Waals surface area contributed by atoms with Crippen molar-refractivity contribution < 1.29 is 4.79 Å². The molecule has 0 bridgehead atoms. The van der Waals surface area contributed by atoms with Gasteiger partial charge in [0.05, 0.1) is 5.92 Å². The van der Waals surface area contributed by atoms with Crippen LogP contribution in [0.5, 0.6) is 0 Å². The Morgan fingerprint density at radius 2 is 2.33 bits per heavy atom. The Kier molecular flexibility index (Phi) is 5.47. The van der Waals surface area contributed by atoms with Crippen molar-refractivity contribution in [2.24, 2.45) is 11.7 Å². The van der Waals surface area contributed by atoms with Gasteiger partial charge >= 0.3 is 0 Å². The molecular formula is C11H22N2OS. The summed E-state index contributed by atoms with van der Waals surface area (Å²) in [6, 6.07) is 0. The molecule has 2 unspecified atom stereocenters. The average molecular weight is 230 g/mol. The molecule has 0 aromatic heterocycles. The lowest BCUT2D eigenvalue weighted by Crippen LogP contribution is -2.46. The van der Waals surface area contributed by atoms with Crippen LogP contribution in [0.15, 0.2) is 0 Å². The minimum Gasteiger partial charge on any atom is -0.340 e. The number of hydrogen-bond acceptors (Lipinski definition) is 3. The van der Waals surface area contributed by atoms with E-state index in [1.54, 1.807) is 0 Å². The second kappa shape index (κ2) is 6.38. The lowest BCUT2D eigenvalue weighted by molar-refractivity contribution is -0.135. The highest BCUT2D eigenvalue weighted by Gasteiger charge is 2.26. The average Bonchev–Trinajstić information content (AvgIpc) is 2.30. The molecule has 2 atom stereocenters. The summed E-state index contributed by atoms with van der Waals surface area (Å²) in [6.45, 7) is 6.51. The van der Waals surface area contributed by atoms with E-state index < -0.39 is 0 Å². The van der Waals surface area contributed by atoms with Gasteiger partial charge in [-0.2, -0.15) is 11.8 Å². The van der Waals surface area contributed by atoms with Crippen molar-refractivity contribution in [2.75, 3.05) is 25.4 Å². The van der Waals surface area contributed by atoms with Crippen LogP contribution >= 0.6 is 11.8 Å². The summed E-state index contributed by atoms with van der Waals surface area (Å²) in [6.07, 6.45) is 2.00. The van der Waals surface area contributed by atoms with Crippen LogP contribution in [0, 0.1) is 5.92 Å². The van der Waals surface area contributed by atoms with Gasteiger partial charge in [-0.1, -0.05) is 13.8 Å². The molecular weight excluding hydrogens is 208 g/mol. The standard InChI is InChI=1S/C11H22N2OS/c1-3-9(7-12)11(14)13-5-6-15-10(4-2)8-13/h9-10H,3-8,12H2,1-2H3. The Balaban J connectivity index is 2.51. The van der Waals surface area contributed by atoms with Crippen molar-refractivity contribution in [3.63, 3.8) is 0 Å². The first kappa shape index (κ1) is 12.8. The second-order valence-electron chi connectivity index (χ2n) is 4.03. The minimum atomic E-state index is 0.0330. The van der Waals surface area contributed by atoms with Crippen molar-refractivity contribution >= 4 is 17.7 Å². The summed E-state index contributed by atoms with van der Waals surface area (Å²) < 4.78 is 0. The minimum absolute atomic E-state index is 0.0330. The van der Waals surface area contributed by atoms with Crippen LogP contribution in [0.2, 0.25) is 0 Å². The van der Waals surface area contributed by atoms with E-state index in [4.69, 9.17) is 5.73 Å². The van der Waals surface area contributed by atoms with Crippen LogP contribution in [0.25, 0.3) is 0 Å². The van der Waals surface area contributed by atoms with E-state index in [1.165, 1.54) is 0 Å². The molecule has 88 valence electrons. The zero-order valence-corrected chi connectivity index (χ0v) is 10.6. The van der Waals surface area contributed by atoms with Gasteiger partial charge in [0.2, 0.25) is 5.91 Å². The van der Waals surface area contributed by atoms with Crippen LogP contribution in [-0.2, 0) is 4.79 Å². The maximum absolute atomic E-state index is 12.1. The third-order valence-corrected chi connectivity index (χ3v) is 4.40. The molecule has 1 aliphatic rings. The highest BCUT2D eigenvalue weighted by atomic mass is 32.2. The molecule has 2 N–H and O–H groups in total. The summed E-state index contributed by atoms with van der Waals surface area (Å²) in [5, 5.41) is 0.623. The number of carbonyl (C=O) groups excluding carboxylic acids is 1. The lowest BCUT2D eigenvalue weighted by atomic mass is 10.1. The maximum atomic E-state index is 12.1. The number of thioether (sulfide) groups is 1. The summed E-state index contributed by atoms with van der Waals surface area (Å²) in [5.74, 6) is 1.37. The fourth-order valence-electron chi connectivity index (χ4n) is 1.87. The highest BCUT2D eigenvalue weighted by Crippen LogP contribution is 2.22. The fraction of sp³-hybridized carbons (Fsp3) is 0.909. The SMILES string of the molecule is CCC1CN(C(=O)C(CC)CN)CCS1. The number of nitrogens with zero attached hydrogens (tertiary/aromatic N) is 1. The molecule has 0 aromatic carbocycles. The Morgan fingerprint density at radius 1 is 1.60 bits per heavy atom. The topological polar surface area (TPSA) is 46.3 Å². The molecule has 1 fully saturated rings. The molecule has 0 aliphatic carbocycles. The molecule has 0 saturated carbocycles. The Labute approximate surface area is 96.8 Å². The monoisotopic (exact) mass is 230 g/mol. The van der Waals surface area contributed by atoms with Crippen molar-refractivity contribution in [3.8, 4) is 0 Å². The predicted octanol–water partition coefficient (Wildman–Crippen LogP) is 1.33. The van der Waals surface area contributed by atoms with Gasteiger partial charge in [0.1, 0.15) is 0 Å². The summed E-state index contributed by atoms with van der Waals surface area (Å²) in [4.78, 5) is 14.1. The third kappa shape index (κ3) is 3.38. The number of carbonyl (C=O) groups is 1. The molecule has 0 spiro atoms. The maximum Gasteiger partial charge on any atom is 0.227 e. The predicted molar refractivity (Wildman–Crippen MR) is 66.0 cm³/mol. The van der Waals surface area contributed by atoms with E-state index in [1.807, 2.05) is 23.6 Å². The van der Waals surface area contributed by atoms with E-state index in [2.05, 4.69) is 6.92 Å². The van der Waals surface area contributed by atoms with E-state index >= 15 is 0 Å². The Bertz CT molecular complexity index is 207. The van der Waals surface area contributed by atoms with Gasteiger partial charge in [0.25, 0.3) is 0 Å². The summed E-state index contributed by atoms with van der Waals surface area (Å²) in [5.41, 5.74) is 5.61. The van der Waals surface area contributed by atoms with E-state index in [0.717, 1.165) is 31.7 Å². The number of hydrogen-bond donors (Lipinski definition) is 1. The third-order valence-electron chi connectivity index (χ3n) is 3.03. The fourth-order valence-corrected chi connectivity index (χ4v) is 3.05. The molecule has 1 saturated heterocycles. The van der Waals surface area contributed by atoms with Gasteiger partial charge in [-0.15, -0.1) is 0 Å². The Hall–Kier alpha value is -0.220. The van der Waals surface area contributed by atoms with Gasteiger partial charge in [0, 0.05) is 30.6 Å². The second-order valence-corrected chi connectivity index (χ2v) is 5.43. The first-order chi connectivity index (χ1) is 7.22. The normalized spacial score (nSPS) is 23.9. The van der Waals surface area contributed by atoms with Gasteiger partial charge in [0.15, 0.2) is 0 Å². The molecule has 1 amide bonds. The largest absolute Gasteiger partial charge is 0.340 e. The first-order valence-electron chi connectivity index (χ1n) is 5.83. The molecule has 1 rings (SSSR count). The van der Waals surface area contributed by atoms with Crippen LogP contribution in [0.1, 0.15) is 26.7 Å². The molecule has 0 radical (unpaired) electrons. The van der Waals surface area contributed by atoms with Gasteiger partial charge in [-0.3, -0.25) is 4.79 Å². The van der Waals surface area contributed by atoms with Crippen LogP contribution in [-0.4, -0.2) is 41.4 Å². The zero-order chi connectivity index (χ0) is 11.3. The van der Waals surface area contributed by atoms with Crippen molar-refractivity contribution in [1.82, 2.24) is 4.90 Å². The molecule has 1 aliphatic heterocycles. The van der Waals surface area contributed by atoms with Crippen LogP contribution in [0.4, 0.5) is 0 Å². The summed E-state index contributed by atoms with van der Waals surface area (Å²) in [7, 11) is 0. The molecule has 15 heavy (non-hydrogen) atoms. The van der Waals surface area contributed by atoms with E-state index in [-0.39, 0.29) is 11.8 Å². The van der Waals surface area contributed by atoms with Gasteiger partial charge < -0.3 is 10.6 Å². The highest BCUT2D eigenvalue weighted by molar-refractivity contribution is 8.00. The Morgan fingerprint density at radius 3 is 2.87 bits per heavy atom. The van der Waals surface area contributed by atoms with Crippen LogP contribution in [0.3, 0.4) is 0 Å². The summed E-state index contributed by atoms with van der Waals surface area (Å²) >= 11 is 1.99. The van der Waals surface area contributed by atoms with Crippen molar-refractivity contribution in [2.45, 2.75) is 31.9 Å². The van der Waals surface area contributed by atoms with Crippen molar-refractivity contribution in [3.05, 3.63) is 0 Å². The van der Waals surface area contributed by atoms with Gasteiger partial charge in [-0.25, -0.2) is 0 Å². The van der Waals surface area contributed by atoms with E-state index in [0.29, 0.717) is 11.8 Å². The number of amides is 1. The number of nitrogens with two attached hydrogens (primary N) is 1. The molecule has 3 nitrogen and oxygen atoms in total. The lowest BCUT2D eigenvalue weighted by Gasteiger charge is -2.34. The molecule has 1 heterocycles. The van der Waals surface area contributed by atoms with Crippen molar-refractivity contribution in [1.29, 1.82) is 0 Å². The zero-order valence-electron chi connectivity index (χ0n) is 9.74. The smallest absolute Gasteiger partial charge is 0.227 e. The molecule has 4 heteroatoms.